The number of hydrogen-bond donors (Lipinski definition) is 1. The van der Waals surface area contributed by atoms with Gasteiger partial charge in [0.2, 0.25) is 5.91 Å². The lowest BCUT2D eigenvalue weighted by Gasteiger charge is -2.42. The molecule has 0 saturated carbocycles. The van der Waals surface area contributed by atoms with E-state index in [1.807, 2.05) is 37.3 Å². The third-order valence-corrected chi connectivity index (χ3v) is 6.72. The van der Waals surface area contributed by atoms with Crippen LogP contribution in [0.2, 0.25) is 5.02 Å². The van der Waals surface area contributed by atoms with Crippen LogP contribution >= 0.6 is 11.6 Å². The number of anilines is 1. The lowest BCUT2D eigenvalue weighted by molar-refractivity contribution is -0.132. The van der Waals surface area contributed by atoms with Crippen molar-refractivity contribution in [3.8, 4) is 5.75 Å². The van der Waals surface area contributed by atoms with E-state index in [-0.39, 0.29) is 17.9 Å². The molecule has 0 bridgehead atoms. The van der Waals surface area contributed by atoms with Crippen molar-refractivity contribution < 1.29 is 14.3 Å². The minimum absolute atomic E-state index is 0.0496. The Morgan fingerprint density at radius 3 is 2.81 bits per heavy atom. The van der Waals surface area contributed by atoms with Gasteiger partial charge in [-0.2, -0.15) is 0 Å². The predicted octanol–water partition coefficient (Wildman–Crippen LogP) is 3.80. The maximum Gasteiger partial charge on any atom is 0.254 e. The molecule has 164 valence electrons. The highest BCUT2D eigenvalue weighted by molar-refractivity contribution is 6.31. The highest BCUT2D eigenvalue weighted by atomic mass is 35.5. The van der Waals surface area contributed by atoms with Crippen molar-refractivity contribution in [1.29, 1.82) is 0 Å². The fraction of sp³-hybridized carbons (Fsp3) is 0.417. The van der Waals surface area contributed by atoms with E-state index in [2.05, 4.69) is 10.2 Å². The van der Waals surface area contributed by atoms with E-state index in [9.17, 15) is 9.59 Å². The molecular weight excluding hydrogens is 414 g/mol. The van der Waals surface area contributed by atoms with E-state index in [0.717, 1.165) is 35.2 Å². The third-order valence-electron chi connectivity index (χ3n) is 6.48. The molecule has 4 rings (SSSR count). The maximum absolute atomic E-state index is 13.9. The van der Waals surface area contributed by atoms with E-state index in [4.69, 9.17) is 16.3 Å². The van der Waals surface area contributed by atoms with Gasteiger partial charge in [0.25, 0.3) is 5.91 Å². The van der Waals surface area contributed by atoms with Crippen LogP contribution in [0.4, 0.5) is 5.69 Å². The summed E-state index contributed by atoms with van der Waals surface area (Å²) in [5.74, 6) is 0.558. The van der Waals surface area contributed by atoms with E-state index in [1.54, 1.807) is 32.2 Å². The molecule has 1 N–H and O–H groups in total. The molecule has 2 aliphatic heterocycles. The highest BCUT2D eigenvalue weighted by Gasteiger charge is 2.57. The molecule has 1 unspecified atom stereocenters. The number of amides is 2. The average Bonchev–Trinajstić information content (AvgIpc) is 3.29. The summed E-state index contributed by atoms with van der Waals surface area (Å²) in [5, 5.41) is 3.64. The SMILES string of the molecule is COc1cccc(C)c1C1(N2CCC[C@H]2CC(=O)N(C)C)C(=O)Nc2ccc(Cl)cc21. The number of nitrogens with zero attached hydrogens (tertiary/aromatic N) is 2. The van der Waals surface area contributed by atoms with Crippen LogP contribution < -0.4 is 10.1 Å². The number of ether oxygens (including phenoxy) is 1. The van der Waals surface area contributed by atoms with Crippen molar-refractivity contribution >= 4 is 29.1 Å². The lowest BCUT2D eigenvalue weighted by Crippen LogP contribution is -2.55. The fourth-order valence-electron chi connectivity index (χ4n) is 5.09. The van der Waals surface area contributed by atoms with Crippen LogP contribution in [-0.2, 0) is 15.1 Å². The number of aryl methyl sites for hydroxylation is 1. The van der Waals surface area contributed by atoms with Gasteiger partial charge in [-0.3, -0.25) is 14.5 Å². The Kier molecular flexibility index (Phi) is 5.71. The number of methoxy groups -OCH3 is 1. The van der Waals surface area contributed by atoms with E-state index >= 15 is 0 Å². The molecule has 2 heterocycles. The zero-order valence-corrected chi connectivity index (χ0v) is 19.1. The van der Waals surface area contributed by atoms with Crippen LogP contribution in [0, 0.1) is 6.92 Å². The van der Waals surface area contributed by atoms with Gasteiger partial charge in [-0.1, -0.05) is 23.7 Å². The second-order valence-corrected chi connectivity index (χ2v) is 8.92. The summed E-state index contributed by atoms with van der Waals surface area (Å²) < 4.78 is 5.76. The smallest absolute Gasteiger partial charge is 0.254 e. The normalized spacial score (nSPS) is 22.9. The van der Waals surface area contributed by atoms with Crippen molar-refractivity contribution in [3.05, 3.63) is 58.1 Å². The Morgan fingerprint density at radius 2 is 2.10 bits per heavy atom. The summed E-state index contributed by atoms with van der Waals surface area (Å²) in [6.07, 6.45) is 2.11. The molecule has 0 spiro atoms. The van der Waals surface area contributed by atoms with E-state index in [0.29, 0.717) is 23.7 Å². The Hall–Kier alpha value is -2.57. The molecule has 1 saturated heterocycles. The molecule has 2 atom stereocenters. The number of likely N-dealkylation sites (tertiary alicyclic amines) is 1. The van der Waals surface area contributed by atoms with Crippen molar-refractivity contribution in [2.45, 2.75) is 37.8 Å². The lowest BCUT2D eigenvalue weighted by atomic mass is 9.78. The second kappa shape index (κ2) is 8.17. The molecule has 0 aliphatic carbocycles. The standard InChI is InChI=1S/C24H28ClN3O3/c1-15-7-5-9-20(31-4)22(15)24(18-13-16(25)10-11-19(18)26-23(24)30)28-12-6-8-17(28)14-21(29)27(2)3/h5,7,9-11,13,17H,6,8,12,14H2,1-4H3,(H,26,30)/t17-,24?/m0/s1. The Balaban J connectivity index is 1.98. The summed E-state index contributed by atoms with van der Waals surface area (Å²) in [5.41, 5.74) is 2.18. The molecule has 31 heavy (non-hydrogen) atoms. The first kappa shape index (κ1) is 21.7. The van der Waals surface area contributed by atoms with Gasteiger partial charge < -0.3 is 15.0 Å². The van der Waals surface area contributed by atoms with Crippen molar-refractivity contribution in [1.82, 2.24) is 9.80 Å². The fourth-order valence-corrected chi connectivity index (χ4v) is 5.26. The largest absolute Gasteiger partial charge is 0.496 e. The van der Waals surface area contributed by atoms with Gasteiger partial charge in [-0.15, -0.1) is 0 Å². The van der Waals surface area contributed by atoms with Crippen molar-refractivity contribution in [2.24, 2.45) is 0 Å². The number of fused-ring (bicyclic) bond motifs is 1. The Morgan fingerprint density at radius 1 is 1.32 bits per heavy atom. The minimum atomic E-state index is -1.12. The van der Waals surface area contributed by atoms with Crippen LogP contribution in [0.1, 0.15) is 36.0 Å². The van der Waals surface area contributed by atoms with Gasteiger partial charge in [0.15, 0.2) is 5.54 Å². The van der Waals surface area contributed by atoms with E-state index in [1.165, 1.54) is 0 Å². The molecule has 2 aromatic rings. The zero-order chi connectivity index (χ0) is 22.3. The molecule has 0 aromatic heterocycles. The molecule has 2 amide bonds. The maximum atomic E-state index is 13.9. The molecule has 2 aromatic carbocycles. The number of halogens is 1. The molecule has 1 fully saturated rings. The molecule has 2 aliphatic rings. The van der Waals surface area contributed by atoms with E-state index < -0.39 is 5.54 Å². The minimum Gasteiger partial charge on any atom is -0.496 e. The Labute approximate surface area is 188 Å². The van der Waals surface area contributed by atoms with Gasteiger partial charge in [-0.05, 0) is 49.6 Å². The molecule has 0 radical (unpaired) electrons. The molecule has 6 nitrogen and oxygen atoms in total. The van der Waals surface area contributed by atoms with Crippen molar-refractivity contribution in [2.75, 3.05) is 33.1 Å². The molecule has 7 heteroatoms. The van der Waals surface area contributed by atoms with Crippen LogP contribution in [-0.4, -0.2) is 55.4 Å². The Bertz CT molecular complexity index is 1040. The highest BCUT2D eigenvalue weighted by Crippen LogP contribution is 2.52. The third kappa shape index (κ3) is 3.38. The number of rotatable bonds is 5. The van der Waals surface area contributed by atoms with Gasteiger partial charge >= 0.3 is 0 Å². The zero-order valence-electron chi connectivity index (χ0n) is 18.4. The van der Waals surface area contributed by atoms with Gasteiger partial charge in [0, 0.05) is 54.9 Å². The van der Waals surface area contributed by atoms with Gasteiger partial charge in [0.05, 0.1) is 7.11 Å². The summed E-state index contributed by atoms with van der Waals surface area (Å²) in [6, 6.07) is 11.2. The van der Waals surface area contributed by atoms with Gasteiger partial charge in [-0.25, -0.2) is 0 Å². The topological polar surface area (TPSA) is 61.9 Å². The van der Waals surface area contributed by atoms with Gasteiger partial charge in [0.1, 0.15) is 5.75 Å². The summed E-state index contributed by atoms with van der Waals surface area (Å²) >= 11 is 6.42. The number of benzene rings is 2. The first-order chi connectivity index (χ1) is 14.8. The van der Waals surface area contributed by atoms with Crippen LogP contribution in [0.5, 0.6) is 5.75 Å². The quantitative estimate of drug-likeness (QED) is 0.766. The van der Waals surface area contributed by atoms with Crippen LogP contribution in [0.3, 0.4) is 0 Å². The second-order valence-electron chi connectivity index (χ2n) is 8.49. The molecular formula is C24H28ClN3O3. The average molecular weight is 442 g/mol. The predicted molar refractivity (Wildman–Crippen MR) is 122 cm³/mol. The summed E-state index contributed by atoms with van der Waals surface area (Å²) in [4.78, 5) is 30.3. The summed E-state index contributed by atoms with van der Waals surface area (Å²) in [6.45, 7) is 2.69. The first-order valence-corrected chi connectivity index (χ1v) is 10.9. The monoisotopic (exact) mass is 441 g/mol. The van der Waals surface area contributed by atoms with Crippen molar-refractivity contribution in [3.63, 3.8) is 0 Å². The van der Waals surface area contributed by atoms with Crippen LogP contribution in [0.25, 0.3) is 0 Å². The number of hydrogen-bond acceptors (Lipinski definition) is 4. The number of carbonyl (C=O) groups is 2. The summed E-state index contributed by atoms with van der Waals surface area (Å²) in [7, 11) is 5.15. The first-order valence-electron chi connectivity index (χ1n) is 10.5. The van der Waals surface area contributed by atoms with Crippen LogP contribution in [0.15, 0.2) is 36.4 Å². The number of carbonyl (C=O) groups excluding carboxylic acids is 2. The number of nitrogens with one attached hydrogen (secondary N) is 1.